The van der Waals surface area contributed by atoms with Crippen molar-refractivity contribution < 1.29 is 14.3 Å². The molecule has 1 heterocycles. The molecule has 0 spiro atoms. The van der Waals surface area contributed by atoms with E-state index in [1.165, 1.54) is 6.08 Å². The highest BCUT2D eigenvalue weighted by Gasteiger charge is 2.07. The first-order valence-corrected chi connectivity index (χ1v) is 5.83. The lowest BCUT2D eigenvalue weighted by Crippen LogP contribution is -1.95. The number of ketones is 1. The molecule has 0 aliphatic heterocycles. The number of carbonyl (C=O) groups is 1. The van der Waals surface area contributed by atoms with Gasteiger partial charge in [0.25, 0.3) is 0 Å². The highest BCUT2D eigenvalue weighted by atomic mass is 16.5. The zero-order chi connectivity index (χ0) is 13.7. The minimum Gasteiger partial charge on any atom is -0.493 e. The number of aromatic amines is 1. The van der Waals surface area contributed by atoms with Crippen molar-refractivity contribution >= 4 is 11.9 Å². The highest BCUT2D eigenvalue weighted by molar-refractivity contribution is 6.05. The normalized spacial score (nSPS) is 10.6. The van der Waals surface area contributed by atoms with E-state index >= 15 is 0 Å². The Bertz CT molecular complexity index is 585. The van der Waals surface area contributed by atoms with Crippen LogP contribution >= 0.6 is 0 Å². The van der Waals surface area contributed by atoms with Crippen LogP contribution in [0.25, 0.3) is 6.08 Å². The van der Waals surface area contributed by atoms with E-state index in [0.717, 1.165) is 5.56 Å². The number of benzene rings is 1. The van der Waals surface area contributed by atoms with Crippen molar-refractivity contribution in [2.45, 2.75) is 0 Å². The highest BCUT2D eigenvalue weighted by Crippen LogP contribution is 2.31. The number of methoxy groups -OCH3 is 2. The van der Waals surface area contributed by atoms with Crippen LogP contribution in [0.5, 0.6) is 11.5 Å². The summed E-state index contributed by atoms with van der Waals surface area (Å²) in [6.07, 6.45) is 4.93. The van der Waals surface area contributed by atoms with Gasteiger partial charge in [0.15, 0.2) is 11.5 Å². The summed E-state index contributed by atoms with van der Waals surface area (Å²) in [7, 11) is 3.15. The van der Waals surface area contributed by atoms with Gasteiger partial charge >= 0.3 is 0 Å². The van der Waals surface area contributed by atoms with Crippen LogP contribution < -0.4 is 9.47 Å². The summed E-state index contributed by atoms with van der Waals surface area (Å²) in [5.41, 5.74) is 1.35. The molecule has 0 saturated heterocycles. The van der Waals surface area contributed by atoms with Crippen molar-refractivity contribution in [2.75, 3.05) is 14.2 Å². The predicted molar refractivity (Wildman–Crippen MR) is 73.7 cm³/mol. The summed E-state index contributed by atoms with van der Waals surface area (Å²) >= 11 is 0. The number of allylic oxidation sites excluding steroid dienone is 1. The maximum Gasteiger partial charge on any atom is 0.201 e. The van der Waals surface area contributed by atoms with E-state index in [-0.39, 0.29) is 5.78 Å². The maximum absolute atomic E-state index is 11.8. The number of rotatable bonds is 5. The molecule has 4 nitrogen and oxygen atoms in total. The third-order valence-corrected chi connectivity index (χ3v) is 2.71. The lowest BCUT2D eigenvalue weighted by Gasteiger charge is -2.09. The molecule has 1 N–H and O–H groups in total. The van der Waals surface area contributed by atoms with Crippen LogP contribution in [-0.4, -0.2) is 25.0 Å². The van der Waals surface area contributed by atoms with E-state index in [1.807, 2.05) is 18.2 Å². The summed E-state index contributed by atoms with van der Waals surface area (Å²) in [6, 6.07) is 9.03. The number of H-pyrrole nitrogens is 1. The van der Waals surface area contributed by atoms with Gasteiger partial charge < -0.3 is 14.5 Å². The molecule has 2 aromatic rings. The summed E-state index contributed by atoms with van der Waals surface area (Å²) in [5, 5.41) is 0. The summed E-state index contributed by atoms with van der Waals surface area (Å²) in [5.74, 6) is 1.16. The zero-order valence-corrected chi connectivity index (χ0v) is 10.8. The van der Waals surface area contributed by atoms with E-state index in [0.29, 0.717) is 17.2 Å². The van der Waals surface area contributed by atoms with E-state index < -0.39 is 0 Å². The fraction of sp³-hybridized carbons (Fsp3) is 0.133. The van der Waals surface area contributed by atoms with Crippen molar-refractivity contribution in [2.24, 2.45) is 0 Å². The van der Waals surface area contributed by atoms with E-state index in [2.05, 4.69) is 4.98 Å². The quantitative estimate of drug-likeness (QED) is 0.662. The van der Waals surface area contributed by atoms with Gasteiger partial charge in [-0.3, -0.25) is 4.79 Å². The van der Waals surface area contributed by atoms with E-state index in [4.69, 9.17) is 9.47 Å². The molecule has 0 fully saturated rings. The van der Waals surface area contributed by atoms with Crippen molar-refractivity contribution in [3.8, 4) is 11.5 Å². The smallest absolute Gasteiger partial charge is 0.201 e. The Kier molecular flexibility index (Phi) is 4.03. The summed E-state index contributed by atoms with van der Waals surface area (Å²) in [6.45, 7) is 0. The molecule has 19 heavy (non-hydrogen) atoms. The van der Waals surface area contributed by atoms with Crippen molar-refractivity contribution in [3.63, 3.8) is 0 Å². The first-order valence-electron chi connectivity index (χ1n) is 5.83. The van der Waals surface area contributed by atoms with Gasteiger partial charge in [0.1, 0.15) is 0 Å². The lowest BCUT2D eigenvalue weighted by atomic mass is 10.1. The van der Waals surface area contributed by atoms with Crippen LogP contribution in [0.1, 0.15) is 16.1 Å². The van der Waals surface area contributed by atoms with Crippen LogP contribution in [0.4, 0.5) is 0 Å². The van der Waals surface area contributed by atoms with Crippen molar-refractivity contribution in [1.82, 2.24) is 4.98 Å². The second-order valence-electron chi connectivity index (χ2n) is 3.86. The molecule has 1 aromatic carbocycles. The molecule has 2 rings (SSSR count). The average molecular weight is 257 g/mol. The summed E-state index contributed by atoms with van der Waals surface area (Å²) < 4.78 is 10.5. The maximum atomic E-state index is 11.8. The number of nitrogens with one attached hydrogen (secondary N) is 1. The fourth-order valence-electron chi connectivity index (χ4n) is 1.78. The number of hydrogen-bond donors (Lipinski definition) is 1. The SMILES string of the molecule is COc1cccc(/C=C/C(=O)c2ccc[nH]2)c1OC. The van der Waals surface area contributed by atoms with Crippen LogP contribution in [0.3, 0.4) is 0 Å². The van der Waals surface area contributed by atoms with Gasteiger partial charge in [0.2, 0.25) is 5.78 Å². The van der Waals surface area contributed by atoms with Crippen LogP contribution in [0, 0.1) is 0 Å². The Morgan fingerprint density at radius 2 is 2.00 bits per heavy atom. The number of ether oxygens (including phenoxy) is 2. The lowest BCUT2D eigenvalue weighted by molar-refractivity contribution is 0.104. The topological polar surface area (TPSA) is 51.3 Å². The Balaban J connectivity index is 2.26. The molecule has 0 aliphatic carbocycles. The molecule has 0 saturated carbocycles. The molecule has 0 atom stereocenters. The number of para-hydroxylation sites is 1. The minimum atomic E-state index is -0.0881. The fourth-order valence-corrected chi connectivity index (χ4v) is 1.78. The van der Waals surface area contributed by atoms with Gasteiger partial charge in [-0.25, -0.2) is 0 Å². The Labute approximate surface area is 111 Å². The average Bonchev–Trinajstić information content (AvgIpc) is 2.98. The number of carbonyl (C=O) groups excluding carboxylic acids is 1. The van der Waals surface area contributed by atoms with Crippen LogP contribution in [-0.2, 0) is 0 Å². The molecule has 4 heteroatoms. The van der Waals surface area contributed by atoms with Crippen molar-refractivity contribution in [3.05, 3.63) is 53.9 Å². The van der Waals surface area contributed by atoms with E-state index in [1.54, 1.807) is 38.6 Å². The van der Waals surface area contributed by atoms with Gasteiger partial charge in [-0.1, -0.05) is 12.1 Å². The molecule has 0 unspecified atom stereocenters. The van der Waals surface area contributed by atoms with Crippen LogP contribution in [0.2, 0.25) is 0 Å². The minimum absolute atomic E-state index is 0.0881. The number of hydrogen-bond acceptors (Lipinski definition) is 3. The molecule has 1 aromatic heterocycles. The second kappa shape index (κ2) is 5.91. The summed E-state index contributed by atoms with van der Waals surface area (Å²) in [4.78, 5) is 14.7. The Morgan fingerprint density at radius 1 is 1.16 bits per heavy atom. The molecule has 0 radical (unpaired) electrons. The van der Waals surface area contributed by atoms with Gasteiger partial charge in [-0.2, -0.15) is 0 Å². The first-order chi connectivity index (χ1) is 9.26. The monoisotopic (exact) mass is 257 g/mol. The largest absolute Gasteiger partial charge is 0.493 e. The molecule has 0 amide bonds. The second-order valence-corrected chi connectivity index (χ2v) is 3.86. The van der Waals surface area contributed by atoms with Crippen molar-refractivity contribution in [1.29, 1.82) is 0 Å². The van der Waals surface area contributed by atoms with Gasteiger partial charge in [0, 0.05) is 11.8 Å². The molecule has 0 aliphatic rings. The first kappa shape index (κ1) is 13.0. The Morgan fingerprint density at radius 3 is 2.63 bits per heavy atom. The third kappa shape index (κ3) is 2.85. The predicted octanol–water partition coefficient (Wildman–Crippen LogP) is 2.93. The standard InChI is InChI=1S/C15H15NO3/c1-18-14-7-3-5-11(15(14)19-2)8-9-13(17)12-6-4-10-16-12/h3-10,16H,1-2H3/b9-8+. The van der Waals surface area contributed by atoms with Gasteiger partial charge in [-0.05, 0) is 30.4 Å². The molecular formula is C15H15NO3. The van der Waals surface area contributed by atoms with Gasteiger partial charge in [-0.15, -0.1) is 0 Å². The molecular weight excluding hydrogens is 242 g/mol. The Hall–Kier alpha value is -2.49. The molecule has 0 bridgehead atoms. The van der Waals surface area contributed by atoms with Crippen LogP contribution in [0.15, 0.2) is 42.6 Å². The molecule has 98 valence electrons. The van der Waals surface area contributed by atoms with E-state index in [9.17, 15) is 4.79 Å². The third-order valence-electron chi connectivity index (χ3n) is 2.71. The number of aromatic nitrogens is 1. The zero-order valence-electron chi connectivity index (χ0n) is 10.8. The van der Waals surface area contributed by atoms with Gasteiger partial charge in [0.05, 0.1) is 19.9 Å².